The number of hydrogen-bond acceptors (Lipinski definition) is 6. The standard InChI is InChI=1S/C27H31NO5S2/c1-18-8-9-21(24(15-27(29)30)20-10-12-23(34-3)13-11-20)14-22(18)17-28-16-19(2)33-25-6-4-5-7-26(25)35(28,31)32/h4-14,19,24,31-32H,15-17H2,1-3H3,(H,29,30). The average molecular weight is 514 g/mol. The summed E-state index contributed by atoms with van der Waals surface area (Å²) in [4.78, 5) is 13.2. The Labute approximate surface area is 212 Å². The molecular formula is C27H31NO5S2. The number of thioether (sulfide) groups is 1. The molecule has 3 N–H and O–H groups in total. The lowest BCUT2D eigenvalue weighted by Crippen LogP contribution is -2.33. The number of benzene rings is 3. The van der Waals surface area contributed by atoms with Gasteiger partial charge in [-0.15, -0.1) is 22.5 Å². The number of fused-ring (bicyclic) bond motifs is 1. The molecule has 0 aliphatic carbocycles. The van der Waals surface area contributed by atoms with Crippen LogP contribution in [-0.4, -0.2) is 43.4 Å². The Morgan fingerprint density at radius 3 is 2.49 bits per heavy atom. The van der Waals surface area contributed by atoms with Gasteiger partial charge < -0.3 is 9.84 Å². The number of aryl methyl sites for hydroxylation is 1. The summed E-state index contributed by atoms with van der Waals surface area (Å²) in [5, 5.41) is 9.63. The van der Waals surface area contributed by atoms with E-state index >= 15 is 0 Å². The van der Waals surface area contributed by atoms with Crippen LogP contribution in [0.5, 0.6) is 5.75 Å². The van der Waals surface area contributed by atoms with Crippen LogP contribution in [0.15, 0.2) is 76.5 Å². The van der Waals surface area contributed by atoms with Gasteiger partial charge in [0.2, 0.25) is 0 Å². The molecule has 0 aromatic heterocycles. The fourth-order valence-electron chi connectivity index (χ4n) is 4.42. The second-order valence-corrected chi connectivity index (χ2v) is 11.7. The molecule has 0 spiro atoms. The molecule has 1 aliphatic rings. The number of carbonyl (C=O) groups is 1. The van der Waals surface area contributed by atoms with Crippen molar-refractivity contribution in [3.05, 3.63) is 89.0 Å². The SMILES string of the molecule is CSc1ccc(C(CC(=O)O)c2ccc(C)c(CN3CC(C)Oc4ccccc4S3(O)O)c2)cc1. The Morgan fingerprint density at radius 2 is 1.80 bits per heavy atom. The molecule has 0 amide bonds. The van der Waals surface area contributed by atoms with Crippen molar-refractivity contribution in [2.24, 2.45) is 0 Å². The van der Waals surface area contributed by atoms with Crippen LogP contribution < -0.4 is 4.74 Å². The van der Waals surface area contributed by atoms with Crippen molar-refractivity contribution in [1.82, 2.24) is 4.31 Å². The van der Waals surface area contributed by atoms with Crippen LogP contribution in [0.1, 0.15) is 41.5 Å². The molecule has 1 heterocycles. The van der Waals surface area contributed by atoms with Crippen LogP contribution in [-0.2, 0) is 11.3 Å². The third-order valence-corrected chi connectivity index (χ3v) is 8.98. The predicted octanol–water partition coefficient (Wildman–Crippen LogP) is 6.63. The molecular weight excluding hydrogens is 482 g/mol. The zero-order valence-corrected chi connectivity index (χ0v) is 21.7. The van der Waals surface area contributed by atoms with Crippen molar-refractivity contribution < 1.29 is 23.7 Å². The molecule has 3 aromatic rings. The fraction of sp³-hybridized carbons (Fsp3) is 0.296. The Kier molecular flexibility index (Phi) is 7.78. The highest BCUT2D eigenvalue weighted by Gasteiger charge is 2.34. The van der Waals surface area contributed by atoms with E-state index < -0.39 is 16.7 Å². The van der Waals surface area contributed by atoms with E-state index in [1.165, 1.54) is 0 Å². The molecule has 2 unspecified atom stereocenters. The van der Waals surface area contributed by atoms with Gasteiger partial charge in [-0.2, -0.15) is 4.31 Å². The van der Waals surface area contributed by atoms with Gasteiger partial charge >= 0.3 is 5.97 Å². The van der Waals surface area contributed by atoms with E-state index in [9.17, 15) is 19.0 Å². The van der Waals surface area contributed by atoms with Crippen molar-refractivity contribution >= 4 is 28.5 Å². The first-order chi connectivity index (χ1) is 16.7. The molecule has 0 saturated carbocycles. The quantitative estimate of drug-likeness (QED) is 0.305. The van der Waals surface area contributed by atoms with Gasteiger partial charge in [-0.3, -0.25) is 13.9 Å². The maximum Gasteiger partial charge on any atom is 0.304 e. The number of carboxylic acids is 1. The number of para-hydroxylation sites is 1. The summed E-state index contributed by atoms with van der Waals surface area (Å²) in [6, 6.07) is 21.0. The molecule has 8 heteroatoms. The number of hydrogen-bond donors (Lipinski definition) is 3. The minimum Gasteiger partial charge on any atom is -0.487 e. The minimum absolute atomic E-state index is 0.0295. The molecule has 35 heavy (non-hydrogen) atoms. The first-order valence-corrected chi connectivity index (χ1v) is 14.2. The summed E-state index contributed by atoms with van der Waals surface area (Å²) in [7, 11) is -3.27. The van der Waals surface area contributed by atoms with Crippen LogP contribution in [0.3, 0.4) is 0 Å². The van der Waals surface area contributed by atoms with Crippen LogP contribution in [0, 0.1) is 6.92 Å². The van der Waals surface area contributed by atoms with Crippen LogP contribution in [0.2, 0.25) is 0 Å². The molecule has 0 bridgehead atoms. The van der Waals surface area contributed by atoms with Gasteiger partial charge in [-0.05, 0) is 66.6 Å². The normalized spacial score (nSPS) is 19.2. The van der Waals surface area contributed by atoms with E-state index in [1.807, 2.05) is 68.6 Å². The molecule has 1 aliphatic heterocycles. The zero-order valence-electron chi connectivity index (χ0n) is 20.0. The van der Waals surface area contributed by atoms with Crippen molar-refractivity contribution in [3.63, 3.8) is 0 Å². The van der Waals surface area contributed by atoms with Gasteiger partial charge in [0.25, 0.3) is 0 Å². The molecule has 0 radical (unpaired) electrons. The first-order valence-electron chi connectivity index (χ1n) is 11.4. The van der Waals surface area contributed by atoms with Crippen molar-refractivity contribution in [2.75, 3.05) is 12.8 Å². The van der Waals surface area contributed by atoms with Gasteiger partial charge in [0, 0.05) is 17.4 Å². The second kappa shape index (κ2) is 10.6. The highest BCUT2D eigenvalue weighted by Crippen LogP contribution is 2.57. The van der Waals surface area contributed by atoms with Crippen molar-refractivity contribution in [2.45, 2.75) is 48.6 Å². The molecule has 0 saturated heterocycles. The van der Waals surface area contributed by atoms with Gasteiger partial charge in [0.1, 0.15) is 16.7 Å². The van der Waals surface area contributed by atoms with Crippen LogP contribution in [0.25, 0.3) is 0 Å². The Bertz CT molecular complexity index is 1200. The lowest BCUT2D eigenvalue weighted by atomic mass is 9.87. The Hall–Kier alpha value is -2.49. The van der Waals surface area contributed by atoms with Crippen LogP contribution >= 0.6 is 22.5 Å². The van der Waals surface area contributed by atoms with E-state index in [4.69, 9.17) is 4.74 Å². The monoisotopic (exact) mass is 513 g/mol. The van der Waals surface area contributed by atoms with E-state index in [0.29, 0.717) is 23.7 Å². The maximum atomic E-state index is 11.7. The van der Waals surface area contributed by atoms with E-state index in [1.54, 1.807) is 34.3 Å². The summed E-state index contributed by atoms with van der Waals surface area (Å²) >= 11 is 1.64. The first kappa shape index (κ1) is 25.6. The minimum atomic E-state index is -3.27. The Balaban J connectivity index is 1.69. The Morgan fingerprint density at radius 1 is 1.11 bits per heavy atom. The molecule has 3 aromatic carbocycles. The summed E-state index contributed by atoms with van der Waals surface area (Å²) < 4.78 is 30.2. The van der Waals surface area contributed by atoms with Gasteiger partial charge in [-0.25, -0.2) is 0 Å². The van der Waals surface area contributed by atoms with Crippen molar-refractivity contribution in [3.8, 4) is 5.75 Å². The molecule has 2 atom stereocenters. The zero-order chi connectivity index (χ0) is 25.2. The van der Waals surface area contributed by atoms with Crippen molar-refractivity contribution in [1.29, 1.82) is 0 Å². The lowest BCUT2D eigenvalue weighted by molar-refractivity contribution is -0.137. The molecule has 6 nitrogen and oxygen atoms in total. The summed E-state index contributed by atoms with van der Waals surface area (Å²) in [5.74, 6) is -0.686. The van der Waals surface area contributed by atoms with Gasteiger partial charge in [0.15, 0.2) is 0 Å². The molecule has 0 fully saturated rings. The fourth-order valence-corrected chi connectivity index (χ4v) is 6.49. The number of carboxylic acid groups (broad SMARTS) is 1. The van der Waals surface area contributed by atoms with Crippen LogP contribution in [0.4, 0.5) is 0 Å². The topological polar surface area (TPSA) is 90.2 Å². The maximum absolute atomic E-state index is 11.7. The van der Waals surface area contributed by atoms with E-state index in [0.717, 1.165) is 27.1 Å². The highest BCUT2D eigenvalue weighted by atomic mass is 32.3. The second-order valence-electron chi connectivity index (χ2n) is 8.83. The number of rotatable bonds is 7. The van der Waals surface area contributed by atoms with E-state index in [2.05, 4.69) is 0 Å². The lowest BCUT2D eigenvalue weighted by Gasteiger charge is -2.42. The summed E-state index contributed by atoms with van der Waals surface area (Å²) in [6.45, 7) is 4.54. The summed E-state index contributed by atoms with van der Waals surface area (Å²) in [6.07, 6.45) is 1.74. The number of nitrogens with zero attached hydrogens (tertiary/aromatic N) is 1. The third-order valence-electron chi connectivity index (χ3n) is 6.31. The van der Waals surface area contributed by atoms with Gasteiger partial charge in [0.05, 0.1) is 13.0 Å². The molecule has 4 rings (SSSR count). The number of aliphatic carboxylic acids is 1. The molecule has 186 valence electrons. The van der Waals surface area contributed by atoms with Gasteiger partial charge in [-0.1, -0.05) is 42.5 Å². The highest BCUT2D eigenvalue weighted by molar-refractivity contribution is 8.22. The smallest absolute Gasteiger partial charge is 0.304 e. The van der Waals surface area contributed by atoms with E-state index in [-0.39, 0.29) is 18.4 Å². The largest absolute Gasteiger partial charge is 0.487 e. The number of ether oxygens (including phenoxy) is 1. The summed E-state index contributed by atoms with van der Waals surface area (Å²) in [5.41, 5.74) is 3.75. The third kappa shape index (κ3) is 5.68. The predicted molar refractivity (Wildman–Crippen MR) is 142 cm³/mol. The average Bonchev–Trinajstić information content (AvgIpc) is 2.92.